The van der Waals surface area contributed by atoms with Gasteiger partial charge in [0.2, 0.25) is 0 Å². The summed E-state index contributed by atoms with van der Waals surface area (Å²) in [6, 6.07) is 4.24. The fourth-order valence-electron chi connectivity index (χ4n) is 2.33. The van der Waals surface area contributed by atoms with Crippen LogP contribution in [0.4, 0.5) is 0 Å². The molecule has 0 aliphatic heterocycles. The molecule has 1 saturated carbocycles. The molecule has 0 amide bonds. The minimum atomic E-state index is 0.279. The average Bonchev–Trinajstić information content (AvgIpc) is 3.03. The molecule has 2 rings (SSSR count). The topological polar surface area (TPSA) is 35.2 Å². The molecule has 2 nitrogen and oxygen atoms in total. The van der Waals surface area contributed by atoms with Crippen LogP contribution in [0.1, 0.15) is 29.5 Å². The van der Waals surface area contributed by atoms with Crippen molar-refractivity contribution in [2.75, 3.05) is 13.7 Å². The van der Waals surface area contributed by atoms with Gasteiger partial charge in [-0.15, -0.1) is 0 Å². The fraction of sp³-hybridized carbons (Fsp3) is 0.538. The van der Waals surface area contributed by atoms with Crippen molar-refractivity contribution >= 4 is 0 Å². The predicted octanol–water partition coefficient (Wildman–Crippen LogP) is 2.30. The summed E-state index contributed by atoms with van der Waals surface area (Å²) >= 11 is 0. The SMILES string of the molecule is COc1ccc(C2(CN)CC2)c(C)c1C. The second-order valence-electron chi connectivity index (χ2n) is 4.55. The van der Waals surface area contributed by atoms with Gasteiger partial charge in [-0.3, -0.25) is 0 Å². The first-order chi connectivity index (χ1) is 7.14. The molecule has 0 saturated heterocycles. The van der Waals surface area contributed by atoms with Crippen molar-refractivity contribution in [2.45, 2.75) is 32.1 Å². The first-order valence-corrected chi connectivity index (χ1v) is 5.49. The highest BCUT2D eigenvalue weighted by molar-refractivity contribution is 5.48. The van der Waals surface area contributed by atoms with Gasteiger partial charge >= 0.3 is 0 Å². The smallest absolute Gasteiger partial charge is 0.122 e. The molecule has 0 radical (unpaired) electrons. The Labute approximate surface area is 91.4 Å². The lowest BCUT2D eigenvalue weighted by molar-refractivity contribution is 0.411. The summed E-state index contributed by atoms with van der Waals surface area (Å²) in [7, 11) is 1.72. The number of hydrogen-bond acceptors (Lipinski definition) is 2. The molecule has 0 spiro atoms. The monoisotopic (exact) mass is 205 g/mol. The standard InChI is InChI=1S/C13H19NO/c1-9-10(2)12(15-3)5-4-11(9)13(8-14)6-7-13/h4-5H,6-8,14H2,1-3H3. The van der Waals surface area contributed by atoms with Gasteiger partial charge in [0.1, 0.15) is 5.75 Å². The van der Waals surface area contributed by atoms with Crippen molar-refractivity contribution in [3.8, 4) is 5.75 Å². The maximum Gasteiger partial charge on any atom is 0.122 e. The summed E-state index contributed by atoms with van der Waals surface area (Å²) < 4.78 is 5.32. The van der Waals surface area contributed by atoms with Gasteiger partial charge in [-0.1, -0.05) is 6.07 Å². The number of nitrogens with two attached hydrogens (primary N) is 1. The Hall–Kier alpha value is -1.02. The van der Waals surface area contributed by atoms with Gasteiger partial charge in [0.15, 0.2) is 0 Å². The lowest BCUT2D eigenvalue weighted by atomic mass is 9.89. The Balaban J connectivity index is 2.47. The number of benzene rings is 1. The number of ether oxygens (including phenoxy) is 1. The largest absolute Gasteiger partial charge is 0.496 e. The van der Waals surface area contributed by atoms with Crippen molar-refractivity contribution in [1.29, 1.82) is 0 Å². The van der Waals surface area contributed by atoms with Gasteiger partial charge in [-0.25, -0.2) is 0 Å². The van der Waals surface area contributed by atoms with Crippen LogP contribution >= 0.6 is 0 Å². The minimum Gasteiger partial charge on any atom is -0.496 e. The van der Waals surface area contributed by atoms with Crippen LogP contribution < -0.4 is 10.5 Å². The van der Waals surface area contributed by atoms with Crippen molar-refractivity contribution in [2.24, 2.45) is 5.73 Å². The first kappa shape index (κ1) is 10.5. The molecule has 1 aliphatic rings. The predicted molar refractivity (Wildman–Crippen MR) is 62.4 cm³/mol. The van der Waals surface area contributed by atoms with E-state index in [4.69, 9.17) is 10.5 Å². The third-order valence-corrected chi connectivity index (χ3v) is 3.77. The summed E-state index contributed by atoms with van der Waals surface area (Å²) in [5.74, 6) is 0.976. The maximum atomic E-state index is 5.86. The molecule has 0 unspecified atom stereocenters. The van der Waals surface area contributed by atoms with Crippen LogP contribution in [0.25, 0.3) is 0 Å². The molecule has 1 fully saturated rings. The van der Waals surface area contributed by atoms with E-state index in [1.54, 1.807) is 7.11 Å². The Morgan fingerprint density at radius 3 is 2.40 bits per heavy atom. The van der Waals surface area contributed by atoms with E-state index >= 15 is 0 Å². The lowest BCUT2D eigenvalue weighted by Gasteiger charge is -2.19. The van der Waals surface area contributed by atoms with E-state index in [0.717, 1.165) is 12.3 Å². The van der Waals surface area contributed by atoms with E-state index in [-0.39, 0.29) is 5.41 Å². The second-order valence-corrected chi connectivity index (χ2v) is 4.55. The summed E-state index contributed by atoms with van der Waals surface area (Å²) in [5, 5.41) is 0. The summed E-state index contributed by atoms with van der Waals surface area (Å²) in [6.07, 6.45) is 2.46. The highest BCUT2D eigenvalue weighted by atomic mass is 16.5. The van der Waals surface area contributed by atoms with Crippen LogP contribution in [0.5, 0.6) is 5.75 Å². The molecule has 82 valence electrons. The molecule has 0 aromatic heterocycles. The number of rotatable bonds is 3. The Bertz CT molecular complexity index is 380. The van der Waals surface area contributed by atoms with E-state index in [1.165, 1.54) is 29.5 Å². The van der Waals surface area contributed by atoms with Gasteiger partial charge in [0, 0.05) is 12.0 Å². The van der Waals surface area contributed by atoms with Crippen LogP contribution in [0.3, 0.4) is 0 Å². The van der Waals surface area contributed by atoms with Gasteiger partial charge < -0.3 is 10.5 Å². The molecule has 1 aromatic rings. The average molecular weight is 205 g/mol. The van der Waals surface area contributed by atoms with Gasteiger partial charge in [0.25, 0.3) is 0 Å². The lowest BCUT2D eigenvalue weighted by Crippen LogP contribution is -2.21. The van der Waals surface area contributed by atoms with E-state index in [1.807, 2.05) is 0 Å². The van der Waals surface area contributed by atoms with Crippen LogP contribution in [0.2, 0.25) is 0 Å². The highest BCUT2D eigenvalue weighted by Gasteiger charge is 2.43. The molecular weight excluding hydrogens is 186 g/mol. The molecule has 0 bridgehead atoms. The zero-order valence-corrected chi connectivity index (χ0v) is 9.76. The Kier molecular flexibility index (Phi) is 2.47. The molecule has 2 heteroatoms. The minimum absolute atomic E-state index is 0.279. The number of hydrogen-bond donors (Lipinski definition) is 1. The van der Waals surface area contributed by atoms with E-state index < -0.39 is 0 Å². The zero-order valence-electron chi connectivity index (χ0n) is 9.76. The van der Waals surface area contributed by atoms with Crippen LogP contribution in [0, 0.1) is 13.8 Å². The third kappa shape index (κ3) is 1.53. The molecular formula is C13H19NO. The van der Waals surface area contributed by atoms with Gasteiger partial charge in [0.05, 0.1) is 7.11 Å². The normalized spacial score (nSPS) is 17.6. The summed E-state index contributed by atoms with van der Waals surface area (Å²) in [5.41, 5.74) is 10.1. The highest BCUT2D eigenvalue weighted by Crippen LogP contribution is 2.49. The molecule has 15 heavy (non-hydrogen) atoms. The van der Waals surface area contributed by atoms with E-state index in [9.17, 15) is 0 Å². The van der Waals surface area contributed by atoms with Crippen molar-refractivity contribution in [3.05, 3.63) is 28.8 Å². The number of methoxy groups -OCH3 is 1. The first-order valence-electron chi connectivity index (χ1n) is 5.49. The molecule has 1 aliphatic carbocycles. The van der Waals surface area contributed by atoms with Crippen molar-refractivity contribution in [3.63, 3.8) is 0 Å². The van der Waals surface area contributed by atoms with Crippen LogP contribution in [-0.2, 0) is 5.41 Å². The molecule has 2 N–H and O–H groups in total. The van der Waals surface area contributed by atoms with Gasteiger partial charge in [-0.2, -0.15) is 0 Å². The summed E-state index contributed by atoms with van der Waals surface area (Å²) in [6.45, 7) is 5.05. The van der Waals surface area contributed by atoms with Crippen molar-refractivity contribution < 1.29 is 4.74 Å². The fourth-order valence-corrected chi connectivity index (χ4v) is 2.33. The van der Waals surface area contributed by atoms with E-state index in [2.05, 4.69) is 26.0 Å². The summed E-state index contributed by atoms with van der Waals surface area (Å²) in [4.78, 5) is 0. The zero-order chi connectivity index (χ0) is 11.1. The molecule has 1 aromatic carbocycles. The Morgan fingerprint density at radius 2 is 1.93 bits per heavy atom. The van der Waals surface area contributed by atoms with Crippen LogP contribution in [-0.4, -0.2) is 13.7 Å². The third-order valence-electron chi connectivity index (χ3n) is 3.77. The van der Waals surface area contributed by atoms with Gasteiger partial charge in [-0.05, 0) is 49.4 Å². The van der Waals surface area contributed by atoms with Crippen molar-refractivity contribution in [1.82, 2.24) is 0 Å². The molecule has 0 heterocycles. The van der Waals surface area contributed by atoms with Crippen LogP contribution in [0.15, 0.2) is 12.1 Å². The Morgan fingerprint density at radius 1 is 1.27 bits per heavy atom. The molecule has 0 atom stereocenters. The van der Waals surface area contributed by atoms with E-state index in [0.29, 0.717) is 0 Å². The second kappa shape index (κ2) is 3.53. The maximum absolute atomic E-state index is 5.86. The quantitative estimate of drug-likeness (QED) is 0.821.